The summed E-state index contributed by atoms with van der Waals surface area (Å²) in [6.07, 6.45) is 13.9. The topological polar surface area (TPSA) is 136 Å². The number of fused-ring (bicyclic) bond motifs is 27. The normalized spacial score (nSPS) is 11.8. The summed E-state index contributed by atoms with van der Waals surface area (Å²) in [5.41, 5.74) is 9.12. The molecule has 0 amide bonds. The number of aromatic nitrogens is 13. The van der Waals surface area contributed by atoms with Crippen molar-refractivity contribution in [1.29, 1.82) is 0 Å². The number of hydrogen-bond acceptors (Lipinski definition) is 13. The lowest BCUT2D eigenvalue weighted by Gasteiger charge is -2.06. The van der Waals surface area contributed by atoms with Gasteiger partial charge >= 0.3 is 0 Å². The van der Waals surface area contributed by atoms with Crippen molar-refractivity contribution in [3.63, 3.8) is 0 Å². The predicted octanol–water partition coefficient (Wildman–Crippen LogP) is 23.2. The van der Waals surface area contributed by atoms with Crippen LogP contribution in [-0.2, 0) is 0 Å². The minimum atomic E-state index is 0.645. The van der Waals surface area contributed by atoms with Crippen molar-refractivity contribution in [2.75, 3.05) is 0 Å². The maximum absolute atomic E-state index is 4.55. The third kappa shape index (κ3) is 9.45. The molecule has 0 fully saturated rings. The molecule has 12 aromatic heterocycles. The van der Waals surface area contributed by atoms with Crippen molar-refractivity contribution < 1.29 is 0 Å². The zero-order chi connectivity index (χ0) is 68.3. The maximum Gasteiger partial charge on any atom is 0.237 e. The molecule has 17 heteroatoms. The van der Waals surface area contributed by atoms with Crippen LogP contribution in [-0.4, -0.2) is 63.1 Å². The highest BCUT2D eigenvalue weighted by atomic mass is 32.1. The van der Waals surface area contributed by atoms with E-state index in [0.717, 1.165) is 38.6 Å². The largest absolute Gasteiger partial charge is 0.278 e. The zero-order valence-electron chi connectivity index (χ0n) is 54.9. The molecule has 0 unspecified atom stereocenters. The van der Waals surface area contributed by atoms with Gasteiger partial charge < -0.3 is 0 Å². The summed E-state index contributed by atoms with van der Waals surface area (Å²) in [7, 11) is 0. The molecule has 0 bridgehead atoms. The Kier molecular flexibility index (Phi) is 14.0. The molecule has 12 aromatic carbocycles. The van der Waals surface area contributed by atoms with Crippen molar-refractivity contribution >= 4 is 213 Å². The van der Waals surface area contributed by atoms with Crippen LogP contribution in [0.15, 0.2) is 311 Å². The first kappa shape index (κ1) is 59.8. The van der Waals surface area contributed by atoms with Gasteiger partial charge in [-0.05, 0) is 103 Å². The van der Waals surface area contributed by atoms with E-state index < -0.39 is 0 Å². The number of benzene rings is 12. The summed E-state index contributed by atoms with van der Waals surface area (Å²) in [6, 6.07) is 91.8. The Labute approximate surface area is 606 Å². The number of thiophene rings is 4. The average molecular weight is 1410 g/mol. The summed E-state index contributed by atoms with van der Waals surface area (Å²) in [6.45, 7) is 0. The van der Waals surface area contributed by atoms with Crippen LogP contribution in [0, 0.1) is 0 Å². The highest BCUT2D eigenvalue weighted by molar-refractivity contribution is 7.27. The van der Waals surface area contributed by atoms with Crippen molar-refractivity contribution in [3.05, 3.63) is 311 Å². The molecule has 13 nitrogen and oxygen atoms in total. The molecule has 0 saturated carbocycles. The fraction of sp³-hybridized carbons (Fsp3) is 0. The van der Waals surface area contributed by atoms with Crippen LogP contribution in [0.3, 0.4) is 0 Å². The second-order valence-electron chi connectivity index (χ2n) is 25.3. The molecule has 0 aliphatic heterocycles. The summed E-state index contributed by atoms with van der Waals surface area (Å²) >= 11 is 7.37. The Bertz CT molecular complexity index is 7430. The molecule has 0 aliphatic carbocycles. The fourth-order valence-electron chi connectivity index (χ4n) is 15.4. The number of nitrogens with zero attached hydrogens (tertiary/aromatic N) is 13. The molecule has 0 aliphatic rings. The molecule has 12 heterocycles. The Balaban J connectivity index is 0.0000000896. The quantitative estimate of drug-likeness (QED) is 0.169. The molecule has 24 rings (SSSR count). The van der Waals surface area contributed by atoms with Gasteiger partial charge in [0.2, 0.25) is 23.8 Å². The van der Waals surface area contributed by atoms with Gasteiger partial charge in [0.05, 0.1) is 44.1 Å². The van der Waals surface area contributed by atoms with Gasteiger partial charge in [-0.2, -0.15) is 0 Å². The van der Waals surface area contributed by atoms with E-state index >= 15 is 0 Å². The van der Waals surface area contributed by atoms with Crippen molar-refractivity contribution in [1.82, 2.24) is 63.1 Å². The summed E-state index contributed by atoms with van der Waals surface area (Å²) in [5.74, 6) is 2.77. The van der Waals surface area contributed by atoms with Crippen LogP contribution in [0.25, 0.3) is 192 Å². The van der Waals surface area contributed by atoms with E-state index in [-0.39, 0.29) is 0 Å². The second kappa shape index (κ2) is 24.4. The minimum absolute atomic E-state index is 0.645. The second-order valence-corrected chi connectivity index (χ2v) is 29.6. The van der Waals surface area contributed by atoms with Crippen LogP contribution in [0.5, 0.6) is 0 Å². The summed E-state index contributed by atoms with van der Waals surface area (Å²) in [4.78, 5) is 39.8. The van der Waals surface area contributed by atoms with Gasteiger partial charge in [0.25, 0.3) is 0 Å². The lowest BCUT2D eigenvalue weighted by molar-refractivity contribution is 0.940. The Morgan fingerprint density at radius 1 is 0.202 bits per heavy atom. The Morgan fingerprint density at radius 3 is 1.18 bits per heavy atom. The molecule has 488 valence electrons. The predicted molar refractivity (Wildman–Crippen MR) is 435 cm³/mol. The Morgan fingerprint density at radius 2 is 0.587 bits per heavy atom. The van der Waals surface area contributed by atoms with Crippen molar-refractivity contribution in [3.8, 4) is 23.8 Å². The van der Waals surface area contributed by atoms with Crippen LogP contribution in [0.2, 0.25) is 0 Å². The van der Waals surface area contributed by atoms with Gasteiger partial charge in [0.1, 0.15) is 12.7 Å². The van der Waals surface area contributed by atoms with Gasteiger partial charge in [0, 0.05) is 161 Å². The van der Waals surface area contributed by atoms with E-state index in [4.69, 9.17) is 0 Å². The van der Waals surface area contributed by atoms with Gasteiger partial charge in [-0.1, -0.05) is 158 Å². The minimum Gasteiger partial charge on any atom is -0.278 e. The zero-order valence-corrected chi connectivity index (χ0v) is 58.2. The third-order valence-electron chi connectivity index (χ3n) is 19.6. The molecule has 0 saturated heterocycles. The van der Waals surface area contributed by atoms with E-state index in [9.17, 15) is 0 Å². The van der Waals surface area contributed by atoms with Crippen LogP contribution in [0.1, 0.15) is 0 Å². The van der Waals surface area contributed by atoms with E-state index in [1.54, 1.807) is 49.8 Å². The van der Waals surface area contributed by atoms with Crippen LogP contribution < -0.4 is 0 Å². The smallest absolute Gasteiger partial charge is 0.237 e. The first-order valence-electron chi connectivity index (χ1n) is 33.9. The molecule has 104 heavy (non-hydrogen) atoms. The van der Waals surface area contributed by atoms with Gasteiger partial charge in [-0.25, -0.2) is 44.9 Å². The SMILES string of the molecule is c1ccc2c(c1)sc1cc3c(cc12)c1ccccc1n3-c1ncncn1.c1cnc(-n2c3ccccc3c3c4c(ccc32)sc2ccccc24)nc1.c1cnc(-n2c3ccccc3c3c4sc5ccccc5c4ccc32)nc1.c1cnc(-n2c3ccccc3c3ccc4sc5ccccc5c4c32)nc1. The number of hydrogen-bond donors (Lipinski definition) is 0. The van der Waals surface area contributed by atoms with E-state index in [1.807, 2.05) is 63.5 Å². The van der Waals surface area contributed by atoms with E-state index in [2.05, 4.69) is 306 Å². The van der Waals surface area contributed by atoms with Crippen molar-refractivity contribution in [2.24, 2.45) is 0 Å². The number of para-hydroxylation sites is 4. The maximum atomic E-state index is 4.55. The van der Waals surface area contributed by atoms with Crippen LogP contribution >= 0.6 is 45.3 Å². The molecule has 0 spiro atoms. The third-order valence-corrected chi connectivity index (χ3v) is 24.2. The molecule has 0 radical (unpaired) electrons. The molecule has 24 aromatic rings. The standard InChI is InChI=1S/3C22H13N3S.C21H12N4S/c1-3-8-17-16(7-1)20-18(25(17)22-23-12-5-13-24-22)11-10-15-14-6-2-4-9-19(14)26-21(15)20;1-3-8-17-14(6-1)15-10-11-19-20(16-7-2-4-9-18(16)26-19)21(15)25(17)22-23-12-5-13-24-22;1-3-8-16-14(6-1)20-17(25(16)22-23-12-5-13-24-22)10-11-19-21(20)15-7-2-4-9-18(15)26-19;1-3-7-17-13(5-1)15-9-16-14-6-2-4-8-19(14)26-20(16)10-18(15)25(17)21-23-11-22-12-24-21/h3*1-13H;1-12H. The van der Waals surface area contributed by atoms with Gasteiger partial charge in [-0.15, -0.1) is 45.3 Å². The summed E-state index contributed by atoms with van der Waals surface area (Å²) in [5, 5.41) is 20.4. The fourth-order valence-corrected chi connectivity index (χ4v) is 20.0. The monoisotopic (exact) mass is 1410 g/mol. The van der Waals surface area contributed by atoms with Crippen LogP contribution in [0.4, 0.5) is 0 Å². The average Bonchev–Trinajstić information content (AvgIpc) is 1.61. The van der Waals surface area contributed by atoms with Crippen molar-refractivity contribution in [2.45, 2.75) is 0 Å². The molecular formula is C87H51N13S4. The lowest BCUT2D eigenvalue weighted by Crippen LogP contribution is -2.00. The number of rotatable bonds is 4. The highest BCUT2D eigenvalue weighted by Gasteiger charge is 2.23. The Hall–Kier alpha value is -13.0. The van der Waals surface area contributed by atoms with E-state index in [1.165, 1.54) is 129 Å². The first-order valence-corrected chi connectivity index (χ1v) is 37.2. The van der Waals surface area contributed by atoms with E-state index in [0.29, 0.717) is 23.8 Å². The molecular weight excluding hydrogens is 1360 g/mol. The molecule has 0 atom stereocenters. The molecule has 0 N–H and O–H groups in total. The van der Waals surface area contributed by atoms with Gasteiger partial charge in [0.15, 0.2) is 0 Å². The highest BCUT2D eigenvalue weighted by Crippen LogP contribution is 2.47. The lowest BCUT2D eigenvalue weighted by atomic mass is 10.1. The van der Waals surface area contributed by atoms with Gasteiger partial charge in [-0.3, -0.25) is 18.3 Å². The summed E-state index contributed by atoms with van der Waals surface area (Å²) < 4.78 is 19.1. The first-order chi connectivity index (χ1) is 51.6.